The van der Waals surface area contributed by atoms with E-state index in [0.29, 0.717) is 6.54 Å². The van der Waals surface area contributed by atoms with E-state index in [0.717, 1.165) is 21.4 Å². The predicted octanol–water partition coefficient (Wildman–Crippen LogP) is 2.91. The topological polar surface area (TPSA) is 54.7 Å². The van der Waals surface area contributed by atoms with Crippen molar-refractivity contribution >= 4 is 15.9 Å². The highest BCUT2D eigenvalue weighted by Crippen LogP contribution is 2.31. The molecule has 0 unspecified atom stereocenters. The first-order chi connectivity index (χ1) is 7.63. The molecule has 3 N–H and O–H groups in total. The molecule has 0 aliphatic carbocycles. The summed E-state index contributed by atoms with van der Waals surface area (Å²) in [6.07, 6.45) is 0. The van der Waals surface area contributed by atoms with E-state index in [2.05, 4.69) is 58.2 Å². The van der Waals surface area contributed by atoms with Crippen LogP contribution in [-0.2, 0) is 6.54 Å². The van der Waals surface area contributed by atoms with Crippen molar-refractivity contribution in [2.24, 2.45) is 5.73 Å². The van der Waals surface area contributed by atoms with Gasteiger partial charge in [0.1, 0.15) is 5.69 Å². The third kappa shape index (κ3) is 1.90. The second kappa shape index (κ2) is 4.39. The number of aromatic amines is 1. The Morgan fingerprint density at radius 2 is 2.12 bits per heavy atom. The molecule has 2 rings (SSSR count). The summed E-state index contributed by atoms with van der Waals surface area (Å²) in [6.45, 7) is 4.61. The number of nitrogens with zero attached hydrogens (tertiary/aromatic N) is 1. The first-order valence-corrected chi connectivity index (χ1v) is 5.93. The van der Waals surface area contributed by atoms with Crippen molar-refractivity contribution in [2.75, 3.05) is 0 Å². The van der Waals surface area contributed by atoms with E-state index in [1.54, 1.807) is 0 Å². The van der Waals surface area contributed by atoms with Gasteiger partial charge in [-0.15, -0.1) is 0 Å². The van der Waals surface area contributed by atoms with Gasteiger partial charge < -0.3 is 5.73 Å². The molecule has 0 aliphatic rings. The van der Waals surface area contributed by atoms with Crippen LogP contribution in [0.1, 0.15) is 16.8 Å². The summed E-state index contributed by atoms with van der Waals surface area (Å²) in [4.78, 5) is 0. The Bertz CT molecular complexity index is 517. The van der Waals surface area contributed by atoms with Gasteiger partial charge in [0.05, 0.1) is 10.2 Å². The van der Waals surface area contributed by atoms with Crippen LogP contribution < -0.4 is 5.73 Å². The van der Waals surface area contributed by atoms with Crippen molar-refractivity contribution in [3.8, 4) is 11.3 Å². The molecule has 3 nitrogen and oxygen atoms in total. The molecule has 1 aromatic carbocycles. The van der Waals surface area contributed by atoms with Gasteiger partial charge in [-0.25, -0.2) is 0 Å². The Kier molecular flexibility index (Phi) is 3.12. The minimum atomic E-state index is 0.457. The molecular formula is C12H14BrN3. The third-order valence-electron chi connectivity index (χ3n) is 2.63. The molecule has 0 radical (unpaired) electrons. The van der Waals surface area contributed by atoms with E-state index in [9.17, 15) is 0 Å². The second-order valence-corrected chi connectivity index (χ2v) is 4.68. The number of nitrogens with one attached hydrogen (secondary N) is 1. The molecule has 0 amide bonds. The Hall–Kier alpha value is -1.13. The molecule has 0 fully saturated rings. The zero-order valence-electron chi connectivity index (χ0n) is 9.34. The van der Waals surface area contributed by atoms with E-state index < -0.39 is 0 Å². The lowest BCUT2D eigenvalue weighted by molar-refractivity contribution is 0.945. The third-order valence-corrected chi connectivity index (χ3v) is 3.48. The molecule has 0 aliphatic heterocycles. The van der Waals surface area contributed by atoms with Crippen LogP contribution in [0.4, 0.5) is 0 Å². The highest BCUT2D eigenvalue weighted by molar-refractivity contribution is 9.10. The van der Waals surface area contributed by atoms with Crippen LogP contribution >= 0.6 is 15.9 Å². The van der Waals surface area contributed by atoms with Crippen LogP contribution in [0.2, 0.25) is 0 Å². The van der Waals surface area contributed by atoms with Gasteiger partial charge >= 0.3 is 0 Å². The van der Waals surface area contributed by atoms with E-state index in [1.807, 2.05) is 0 Å². The summed E-state index contributed by atoms with van der Waals surface area (Å²) in [5.41, 5.74) is 11.0. The maximum absolute atomic E-state index is 5.61. The number of aryl methyl sites for hydroxylation is 2. The molecule has 1 heterocycles. The smallest absolute Gasteiger partial charge is 0.107 e. The fourth-order valence-electron chi connectivity index (χ4n) is 1.67. The molecular weight excluding hydrogens is 266 g/mol. The van der Waals surface area contributed by atoms with Gasteiger partial charge in [0.15, 0.2) is 0 Å². The van der Waals surface area contributed by atoms with E-state index in [1.165, 1.54) is 11.1 Å². The largest absolute Gasteiger partial charge is 0.325 e. The van der Waals surface area contributed by atoms with Crippen LogP contribution in [0.15, 0.2) is 22.7 Å². The zero-order valence-corrected chi connectivity index (χ0v) is 10.9. The fourth-order valence-corrected chi connectivity index (χ4v) is 2.22. The molecule has 0 atom stereocenters. The lowest BCUT2D eigenvalue weighted by Crippen LogP contribution is -1.96. The highest BCUT2D eigenvalue weighted by atomic mass is 79.9. The maximum Gasteiger partial charge on any atom is 0.107 e. The van der Waals surface area contributed by atoms with Gasteiger partial charge in [-0.3, -0.25) is 5.10 Å². The Morgan fingerprint density at radius 1 is 1.38 bits per heavy atom. The molecule has 1 aromatic heterocycles. The number of benzene rings is 1. The molecule has 0 spiro atoms. The normalized spacial score (nSPS) is 10.8. The highest BCUT2D eigenvalue weighted by Gasteiger charge is 2.13. The average molecular weight is 280 g/mol. The molecule has 84 valence electrons. The van der Waals surface area contributed by atoms with Crippen LogP contribution in [-0.4, -0.2) is 10.2 Å². The minimum Gasteiger partial charge on any atom is -0.325 e. The van der Waals surface area contributed by atoms with Crippen LogP contribution in [0.25, 0.3) is 11.3 Å². The number of hydrogen-bond donors (Lipinski definition) is 2. The lowest BCUT2D eigenvalue weighted by atomic mass is 10.0. The average Bonchev–Trinajstić information content (AvgIpc) is 2.63. The first kappa shape index (κ1) is 11.4. The van der Waals surface area contributed by atoms with Crippen molar-refractivity contribution in [2.45, 2.75) is 20.4 Å². The molecule has 4 heteroatoms. The fraction of sp³-hybridized carbons (Fsp3) is 0.250. The number of H-pyrrole nitrogens is 1. The monoisotopic (exact) mass is 279 g/mol. The standard InChI is InChI=1S/C12H14BrN3/c1-7-3-4-8(2)9(5-7)12-11(13)10(6-14)15-16-12/h3-5H,6,14H2,1-2H3,(H,15,16). The SMILES string of the molecule is Cc1ccc(C)c(-c2n[nH]c(CN)c2Br)c1. The molecule has 2 aromatic rings. The van der Waals surface area contributed by atoms with Crippen LogP contribution in [0.3, 0.4) is 0 Å². The van der Waals surface area contributed by atoms with Gasteiger partial charge in [0.2, 0.25) is 0 Å². The van der Waals surface area contributed by atoms with Crippen molar-refractivity contribution in [1.82, 2.24) is 10.2 Å². The number of rotatable bonds is 2. The van der Waals surface area contributed by atoms with Crippen molar-refractivity contribution in [1.29, 1.82) is 0 Å². The van der Waals surface area contributed by atoms with E-state index in [-0.39, 0.29) is 0 Å². The Morgan fingerprint density at radius 3 is 2.75 bits per heavy atom. The number of halogens is 1. The van der Waals surface area contributed by atoms with Crippen molar-refractivity contribution in [3.05, 3.63) is 39.5 Å². The summed E-state index contributed by atoms with van der Waals surface area (Å²) in [5, 5.41) is 7.25. The summed E-state index contributed by atoms with van der Waals surface area (Å²) in [6, 6.07) is 6.34. The van der Waals surface area contributed by atoms with Crippen LogP contribution in [0.5, 0.6) is 0 Å². The first-order valence-electron chi connectivity index (χ1n) is 5.14. The predicted molar refractivity (Wildman–Crippen MR) is 69.1 cm³/mol. The van der Waals surface area contributed by atoms with Crippen molar-refractivity contribution in [3.63, 3.8) is 0 Å². The quantitative estimate of drug-likeness (QED) is 0.888. The Labute approximate surface area is 103 Å². The zero-order chi connectivity index (χ0) is 11.7. The number of nitrogens with two attached hydrogens (primary N) is 1. The van der Waals surface area contributed by atoms with Gasteiger partial charge in [-0.2, -0.15) is 5.10 Å². The van der Waals surface area contributed by atoms with Gasteiger partial charge in [0.25, 0.3) is 0 Å². The summed E-state index contributed by atoms with van der Waals surface area (Å²) >= 11 is 3.53. The van der Waals surface area contributed by atoms with Gasteiger partial charge in [-0.05, 0) is 41.4 Å². The van der Waals surface area contributed by atoms with Crippen LogP contribution in [0, 0.1) is 13.8 Å². The summed E-state index contributed by atoms with van der Waals surface area (Å²) < 4.78 is 0.962. The molecule has 0 saturated heterocycles. The maximum atomic E-state index is 5.61. The van der Waals surface area contributed by atoms with E-state index >= 15 is 0 Å². The number of hydrogen-bond acceptors (Lipinski definition) is 2. The lowest BCUT2D eigenvalue weighted by Gasteiger charge is -2.04. The molecule has 0 bridgehead atoms. The number of aromatic nitrogens is 2. The van der Waals surface area contributed by atoms with Gasteiger partial charge in [-0.1, -0.05) is 17.7 Å². The molecule has 16 heavy (non-hydrogen) atoms. The summed E-state index contributed by atoms with van der Waals surface area (Å²) in [7, 11) is 0. The Balaban J connectivity index is 2.58. The summed E-state index contributed by atoms with van der Waals surface area (Å²) in [5.74, 6) is 0. The second-order valence-electron chi connectivity index (χ2n) is 3.89. The minimum absolute atomic E-state index is 0.457. The van der Waals surface area contributed by atoms with Crippen molar-refractivity contribution < 1.29 is 0 Å². The molecule has 0 saturated carbocycles. The van der Waals surface area contributed by atoms with E-state index in [4.69, 9.17) is 5.73 Å². The van der Waals surface area contributed by atoms with Gasteiger partial charge in [0, 0.05) is 12.1 Å².